The van der Waals surface area contributed by atoms with Crippen LogP contribution in [-0.2, 0) is 19.2 Å². The molecule has 1 atom stereocenters. The molecule has 0 saturated carbocycles. The number of nitrogens with one attached hydrogen (secondary N) is 5. The van der Waals surface area contributed by atoms with Crippen molar-refractivity contribution in [3.05, 3.63) is 136 Å². The minimum Gasteiger partial charge on any atom is -0.425 e. The first-order valence-corrected chi connectivity index (χ1v) is 26.3. The molecule has 0 aliphatic carbocycles. The molecule has 4 bridgehead atoms. The molecule has 4 aliphatic heterocycles. The molecule has 0 spiro atoms. The number of rotatable bonds is 13. The minimum absolute atomic E-state index is 0.0312. The van der Waals surface area contributed by atoms with E-state index in [9.17, 15) is 88.0 Å². The average Bonchev–Trinajstić information content (AvgIpc) is 3.83. The van der Waals surface area contributed by atoms with Gasteiger partial charge in [-0.05, 0) is 87.8 Å². The van der Waals surface area contributed by atoms with Gasteiger partial charge in [0.25, 0.3) is 57.7 Å². The smallest absolute Gasteiger partial charge is 0.296 e. The highest BCUT2D eigenvalue weighted by Crippen LogP contribution is 2.14. The van der Waals surface area contributed by atoms with E-state index in [1.165, 1.54) is 34.1 Å². The minimum atomic E-state index is -1.31. The second kappa shape index (κ2) is 28.8. The van der Waals surface area contributed by atoms with Crippen molar-refractivity contribution in [3.8, 4) is 0 Å². The number of pyridine rings is 4. The Kier molecular flexibility index (Phi) is 21.6. The molecule has 0 radical (unpaired) electrons. The van der Waals surface area contributed by atoms with Crippen LogP contribution in [0.25, 0.3) is 0 Å². The molecule has 9 N–H and O–H groups in total. The lowest BCUT2D eigenvalue weighted by Crippen LogP contribution is -2.46. The zero-order valence-electron chi connectivity index (χ0n) is 44.3. The van der Waals surface area contributed by atoms with E-state index in [1.54, 1.807) is 0 Å². The Morgan fingerprint density at radius 1 is 0.524 bits per heavy atom. The highest BCUT2D eigenvalue weighted by atomic mass is 16.5. The molecule has 1 fully saturated rings. The van der Waals surface area contributed by atoms with Crippen molar-refractivity contribution < 1.29 is 68.8 Å². The molecule has 8 rings (SSSR count). The monoisotopic (exact) mass is 1140 g/mol. The van der Waals surface area contributed by atoms with Crippen LogP contribution in [0.5, 0.6) is 0 Å². The second-order valence-electron chi connectivity index (χ2n) is 19.1. The fourth-order valence-electron chi connectivity index (χ4n) is 8.85. The number of ketones is 1. The Hall–Kier alpha value is -9.90. The predicted molar refractivity (Wildman–Crippen MR) is 282 cm³/mol. The molecule has 30 heteroatoms. The van der Waals surface area contributed by atoms with E-state index in [4.69, 9.17) is 0 Å². The molecule has 30 nitrogen and oxygen atoms in total. The highest BCUT2D eigenvalue weighted by Gasteiger charge is 2.31. The fourth-order valence-corrected chi connectivity index (χ4v) is 8.85. The van der Waals surface area contributed by atoms with Gasteiger partial charge in [0.1, 0.15) is 33.9 Å². The number of carbonyl (C=O) groups excluding carboxylic acids is 10. The molecule has 4 aromatic heterocycles. The summed E-state index contributed by atoms with van der Waals surface area (Å²) in [6.45, 7) is -1.25. The van der Waals surface area contributed by atoms with Gasteiger partial charge in [-0.15, -0.1) is 18.9 Å². The lowest BCUT2D eigenvalue weighted by molar-refractivity contribution is -0.142. The van der Waals surface area contributed by atoms with Gasteiger partial charge in [-0.2, -0.15) is 0 Å². The zero-order chi connectivity index (χ0) is 59.6. The van der Waals surface area contributed by atoms with Crippen LogP contribution in [0.3, 0.4) is 0 Å². The van der Waals surface area contributed by atoms with Gasteiger partial charge in [0, 0.05) is 96.2 Å². The third-order valence-corrected chi connectivity index (χ3v) is 13.3. The van der Waals surface area contributed by atoms with Gasteiger partial charge in [-0.25, -0.2) is 0 Å². The first-order valence-electron chi connectivity index (χ1n) is 26.3. The van der Waals surface area contributed by atoms with Crippen LogP contribution in [0.2, 0.25) is 0 Å². The summed E-state index contributed by atoms with van der Waals surface area (Å²) < 4.78 is 0.184. The molecule has 0 aromatic carbocycles. The standard InChI is InChI=1S/C52H62N12O18/c65-33(31-60-41(67)21-22-42(60)68)11-5-14-40(66)53-23-2-1-10-32-30-56-47(73)36-19-17-34(49(75)63(36)81)45(71)54-24-8-28-58(51(77)38-12-6-15-43(69)61(38)79)26-3-4-27-59(52(78)39-13-7-16-44(70)62(39)80)29-9-25-55-46(72)35-18-20-37(48(74)57-32)64(82)50(35)76/h6-7,12-13,15-20,32,79-82H,1-5,8-11,14,21-31H2,(H,53,66)(H,54,71)(H,55,72)(H,56,73)(H,57,74)/t32-/m0/s1. The van der Waals surface area contributed by atoms with Crippen LogP contribution in [-0.4, -0.2) is 178 Å². The number of imide groups is 1. The van der Waals surface area contributed by atoms with E-state index in [0.717, 1.165) is 41.3 Å². The zero-order valence-corrected chi connectivity index (χ0v) is 44.3. The maximum atomic E-state index is 13.8. The average molecular weight is 1140 g/mol. The molecular formula is C52H62N12O18. The molecule has 1 saturated heterocycles. The van der Waals surface area contributed by atoms with Crippen molar-refractivity contribution in [3.63, 3.8) is 0 Å². The lowest BCUT2D eigenvalue weighted by atomic mass is 10.1. The molecule has 9 amide bonds. The molecule has 438 valence electrons. The number of amides is 9. The number of likely N-dealkylation sites (tertiary alicyclic amines) is 1. The number of aromatic nitrogens is 4. The van der Waals surface area contributed by atoms with E-state index in [1.807, 2.05) is 0 Å². The molecule has 4 aromatic rings. The van der Waals surface area contributed by atoms with Crippen molar-refractivity contribution in [2.24, 2.45) is 0 Å². The summed E-state index contributed by atoms with van der Waals surface area (Å²) >= 11 is 0. The Morgan fingerprint density at radius 2 is 1.01 bits per heavy atom. The van der Waals surface area contributed by atoms with E-state index in [-0.39, 0.29) is 148 Å². The first kappa shape index (κ1) is 61.3. The van der Waals surface area contributed by atoms with Crippen molar-refractivity contribution in [2.75, 3.05) is 58.9 Å². The Bertz CT molecular complexity index is 3350. The Labute approximate surface area is 464 Å². The van der Waals surface area contributed by atoms with E-state index < -0.39 is 122 Å². The van der Waals surface area contributed by atoms with Crippen molar-refractivity contribution in [1.82, 2.24) is 60.2 Å². The van der Waals surface area contributed by atoms with Gasteiger partial charge in [0.15, 0.2) is 5.78 Å². The number of nitrogens with zero attached hydrogens (tertiary/aromatic N) is 7. The molecule has 82 heavy (non-hydrogen) atoms. The number of Topliss-reactive ketones (excluding diaryl/α,β-unsaturated/α-hetero) is 1. The van der Waals surface area contributed by atoms with Gasteiger partial charge in [-0.3, -0.25) is 72.0 Å². The van der Waals surface area contributed by atoms with Crippen LogP contribution >= 0.6 is 0 Å². The van der Waals surface area contributed by atoms with Crippen molar-refractivity contribution in [1.29, 1.82) is 0 Å². The SMILES string of the molecule is O=C(CCCC(=O)NCCCC[C@H]1CNC(=O)c2ccc(c(=O)n2O)C(=O)NCCCN(C(=O)c2cccc(=O)n2O)CCCCN(C(=O)c2cccc(=O)n2O)CCCNC(=O)c2ccc(n(O)c2=O)C(=O)N1)CN1C(=O)CCC1=O. The number of unbranched alkanes of at least 4 members (excludes halogenated alkanes) is 1. The van der Waals surface area contributed by atoms with Crippen LogP contribution < -0.4 is 48.8 Å². The maximum absolute atomic E-state index is 13.8. The summed E-state index contributed by atoms with van der Waals surface area (Å²) in [6, 6.07) is 9.86. The molecular weight excluding hydrogens is 1080 g/mol. The quantitative estimate of drug-likeness (QED) is 0.0409. The summed E-state index contributed by atoms with van der Waals surface area (Å²) in [5, 5.41) is 55.3. The summed E-state index contributed by atoms with van der Waals surface area (Å²) in [5.74, 6) is -7.26. The number of carbonyl (C=O) groups is 10. The molecule has 8 heterocycles. The fraction of sp³-hybridized carbons (Fsp3) is 0.423. The molecule has 4 aliphatic rings. The van der Waals surface area contributed by atoms with Gasteiger partial charge in [-0.1, -0.05) is 12.1 Å². The van der Waals surface area contributed by atoms with Crippen LogP contribution in [0.4, 0.5) is 0 Å². The number of hydrogen-bond acceptors (Lipinski definition) is 18. The number of fused-ring (bicyclic) bond motifs is 2. The van der Waals surface area contributed by atoms with Gasteiger partial charge in [0.2, 0.25) is 17.7 Å². The summed E-state index contributed by atoms with van der Waals surface area (Å²) in [7, 11) is 0. The first-order chi connectivity index (χ1) is 39.2. The van der Waals surface area contributed by atoms with E-state index in [0.29, 0.717) is 6.42 Å². The van der Waals surface area contributed by atoms with Crippen LogP contribution in [0, 0.1) is 0 Å². The summed E-state index contributed by atoms with van der Waals surface area (Å²) in [4.78, 5) is 184. The number of hydrogen-bond donors (Lipinski definition) is 9. The topological polar surface area (TPSA) is 409 Å². The van der Waals surface area contributed by atoms with Gasteiger partial charge < -0.3 is 57.2 Å². The Morgan fingerprint density at radius 3 is 1.52 bits per heavy atom. The lowest BCUT2D eigenvalue weighted by Gasteiger charge is -2.26. The van der Waals surface area contributed by atoms with Crippen LogP contribution in [0.1, 0.15) is 140 Å². The van der Waals surface area contributed by atoms with Gasteiger partial charge in [0.05, 0.1) is 6.54 Å². The van der Waals surface area contributed by atoms with E-state index in [2.05, 4.69) is 26.6 Å². The highest BCUT2D eigenvalue weighted by molar-refractivity contribution is 6.05. The summed E-state index contributed by atoms with van der Waals surface area (Å²) in [5.41, 5.74) is -7.67. The Balaban J connectivity index is 1.18. The van der Waals surface area contributed by atoms with Crippen molar-refractivity contribution >= 4 is 58.9 Å². The summed E-state index contributed by atoms with van der Waals surface area (Å²) in [6.07, 6.45) is 1.23. The maximum Gasteiger partial charge on any atom is 0.296 e. The van der Waals surface area contributed by atoms with Crippen molar-refractivity contribution in [2.45, 2.75) is 83.1 Å². The van der Waals surface area contributed by atoms with Gasteiger partial charge >= 0.3 is 0 Å². The largest absolute Gasteiger partial charge is 0.425 e. The van der Waals surface area contributed by atoms with Crippen LogP contribution in [0.15, 0.2) is 79.8 Å². The third-order valence-electron chi connectivity index (χ3n) is 13.3. The third kappa shape index (κ3) is 15.9. The van der Waals surface area contributed by atoms with E-state index >= 15 is 0 Å². The normalized spacial score (nSPS) is 16.5. The molecule has 0 unspecified atom stereocenters. The second-order valence-corrected chi connectivity index (χ2v) is 19.1. The predicted octanol–water partition coefficient (Wildman–Crippen LogP) is -1.70.